The first-order valence-corrected chi connectivity index (χ1v) is 5.09. The number of hydrogen-bond acceptors (Lipinski definition) is 3. The van der Waals surface area contributed by atoms with Gasteiger partial charge in [-0.3, -0.25) is 15.0 Å². The number of hydrogen-bond donors (Lipinski definition) is 1. The van der Waals surface area contributed by atoms with E-state index in [1.54, 1.807) is 24.4 Å². The summed E-state index contributed by atoms with van der Waals surface area (Å²) in [6.07, 6.45) is 1.56. The molecule has 86 valence electrons. The van der Waals surface area contributed by atoms with Crippen LogP contribution in [0.15, 0.2) is 24.4 Å². The van der Waals surface area contributed by atoms with E-state index in [0.29, 0.717) is 5.82 Å². The maximum absolute atomic E-state index is 11.6. The summed E-state index contributed by atoms with van der Waals surface area (Å²) < 4.78 is 0. The molecule has 5 nitrogen and oxygen atoms in total. The molecule has 0 bridgehead atoms. The minimum atomic E-state index is -0.749. The van der Waals surface area contributed by atoms with Crippen LogP contribution in [0.2, 0.25) is 0 Å². The molecule has 0 fully saturated rings. The highest BCUT2D eigenvalue weighted by Gasteiger charge is 2.17. The van der Waals surface area contributed by atoms with Crippen molar-refractivity contribution in [3.8, 4) is 0 Å². The Labute approximate surface area is 98.4 Å². The van der Waals surface area contributed by atoms with Crippen LogP contribution in [0.5, 0.6) is 0 Å². The quantitative estimate of drug-likeness (QED) is 0.796. The Hall–Kier alpha value is -1.62. The molecule has 0 aliphatic rings. The molecule has 0 aliphatic carbocycles. The van der Waals surface area contributed by atoms with Gasteiger partial charge in [0.25, 0.3) is 0 Å². The fraction of sp³-hybridized carbons (Fsp3) is 0.300. The van der Waals surface area contributed by atoms with E-state index in [1.807, 2.05) is 0 Å². The average molecular weight is 242 g/mol. The maximum atomic E-state index is 11.6. The van der Waals surface area contributed by atoms with Gasteiger partial charge in [-0.1, -0.05) is 6.07 Å². The van der Waals surface area contributed by atoms with Crippen molar-refractivity contribution in [2.75, 3.05) is 11.9 Å². The number of aromatic nitrogens is 1. The summed E-state index contributed by atoms with van der Waals surface area (Å²) in [7, 11) is 1.52. The first-order valence-electron chi connectivity index (χ1n) is 4.66. The van der Waals surface area contributed by atoms with Crippen LogP contribution in [-0.4, -0.2) is 29.3 Å². The largest absolute Gasteiger partial charge is 0.329 e. The number of amides is 3. The van der Waals surface area contributed by atoms with Crippen LogP contribution in [0, 0.1) is 0 Å². The third-order valence-electron chi connectivity index (χ3n) is 1.89. The number of pyridine rings is 1. The summed E-state index contributed by atoms with van der Waals surface area (Å²) in [5, 5.41) is 1.40. The van der Waals surface area contributed by atoms with Gasteiger partial charge in [-0.15, -0.1) is 11.6 Å². The van der Waals surface area contributed by atoms with Crippen molar-refractivity contribution < 1.29 is 9.59 Å². The summed E-state index contributed by atoms with van der Waals surface area (Å²) in [5.41, 5.74) is 0. The SMILES string of the molecule is CC(Cl)C(=O)NC(=O)N(C)c1ccccn1. The number of halogens is 1. The molecule has 0 aliphatic heterocycles. The number of nitrogens with zero attached hydrogens (tertiary/aromatic N) is 2. The van der Waals surface area contributed by atoms with Crippen LogP contribution in [0.1, 0.15) is 6.92 Å². The fourth-order valence-corrected chi connectivity index (χ4v) is 0.999. The smallest absolute Gasteiger partial charge is 0.281 e. The zero-order valence-electron chi connectivity index (χ0n) is 8.98. The van der Waals surface area contributed by atoms with Crippen LogP contribution in [0.4, 0.5) is 10.6 Å². The second-order valence-electron chi connectivity index (χ2n) is 3.16. The zero-order valence-corrected chi connectivity index (χ0v) is 9.73. The van der Waals surface area contributed by atoms with Crippen molar-refractivity contribution in [3.63, 3.8) is 0 Å². The number of rotatable bonds is 2. The topological polar surface area (TPSA) is 62.3 Å². The van der Waals surface area contributed by atoms with Crippen LogP contribution in [0.3, 0.4) is 0 Å². The standard InChI is InChI=1S/C10H12ClN3O2/c1-7(11)9(15)13-10(16)14(2)8-5-3-4-6-12-8/h3-7H,1-2H3,(H,13,15,16). The third kappa shape index (κ3) is 3.20. The molecule has 0 saturated heterocycles. The highest BCUT2D eigenvalue weighted by Crippen LogP contribution is 2.06. The Morgan fingerprint density at radius 1 is 1.50 bits per heavy atom. The first-order chi connectivity index (χ1) is 7.52. The van der Waals surface area contributed by atoms with Gasteiger partial charge in [-0.2, -0.15) is 0 Å². The van der Waals surface area contributed by atoms with Crippen molar-refractivity contribution >= 4 is 29.4 Å². The minimum absolute atomic E-state index is 0.454. The summed E-state index contributed by atoms with van der Waals surface area (Å²) in [4.78, 5) is 27.9. The van der Waals surface area contributed by atoms with Crippen molar-refractivity contribution in [2.45, 2.75) is 12.3 Å². The number of imide groups is 1. The van der Waals surface area contributed by atoms with Gasteiger partial charge in [0.1, 0.15) is 11.2 Å². The van der Waals surface area contributed by atoms with E-state index < -0.39 is 17.3 Å². The lowest BCUT2D eigenvalue weighted by molar-refractivity contribution is -0.119. The Kier molecular flexibility index (Phi) is 4.25. The zero-order chi connectivity index (χ0) is 12.1. The number of anilines is 1. The Balaban J connectivity index is 2.65. The van der Waals surface area contributed by atoms with E-state index in [-0.39, 0.29) is 0 Å². The first kappa shape index (κ1) is 12.4. The van der Waals surface area contributed by atoms with E-state index in [0.717, 1.165) is 0 Å². The molecule has 0 spiro atoms. The number of carbonyl (C=O) groups is 2. The summed E-state index contributed by atoms with van der Waals surface area (Å²) in [6.45, 7) is 1.49. The van der Waals surface area contributed by atoms with Crippen LogP contribution < -0.4 is 10.2 Å². The summed E-state index contributed by atoms with van der Waals surface area (Å²) in [6, 6.07) is 4.59. The molecule has 16 heavy (non-hydrogen) atoms. The molecular weight excluding hydrogens is 230 g/mol. The van der Waals surface area contributed by atoms with Crippen molar-refractivity contribution in [1.29, 1.82) is 0 Å². The van der Waals surface area contributed by atoms with Crippen LogP contribution >= 0.6 is 11.6 Å². The van der Waals surface area contributed by atoms with Gasteiger partial charge in [0.15, 0.2) is 0 Å². The highest BCUT2D eigenvalue weighted by molar-refractivity contribution is 6.31. The van der Waals surface area contributed by atoms with Gasteiger partial charge < -0.3 is 0 Å². The van der Waals surface area contributed by atoms with E-state index in [2.05, 4.69) is 10.3 Å². The predicted molar refractivity (Wildman–Crippen MR) is 61.5 cm³/mol. The average Bonchev–Trinajstić information content (AvgIpc) is 2.28. The molecule has 0 radical (unpaired) electrons. The summed E-state index contributed by atoms with van der Waals surface area (Å²) >= 11 is 5.52. The highest BCUT2D eigenvalue weighted by atomic mass is 35.5. The second kappa shape index (κ2) is 5.46. The van der Waals surface area contributed by atoms with Gasteiger partial charge in [0.2, 0.25) is 5.91 Å². The molecule has 0 saturated carbocycles. The lowest BCUT2D eigenvalue weighted by atomic mass is 10.4. The molecule has 1 aromatic rings. The molecule has 1 heterocycles. The minimum Gasteiger partial charge on any atom is -0.281 e. The molecule has 0 aromatic carbocycles. The van der Waals surface area contributed by atoms with Crippen LogP contribution in [-0.2, 0) is 4.79 Å². The number of urea groups is 1. The Morgan fingerprint density at radius 2 is 2.19 bits per heavy atom. The molecule has 3 amide bonds. The molecule has 1 aromatic heterocycles. The number of carbonyl (C=O) groups excluding carboxylic acids is 2. The van der Waals surface area contributed by atoms with E-state index in [1.165, 1.54) is 18.9 Å². The summed E-state index contributed by atoms with van der Waals surface area (Å²) in [5.74, 6) is -0.0792. The Bertz CT molecular complexity index is 381. The van der Waals surface area contributed by atoms with Crippen molar-refractivity contribution in [1.82, 2.24) is 10.3 Å². The van der Waals surface area contributed by atoms with Gasteiger partial charge in [-0.05, 0) is 19.1 Å². The van der Waals surface area contributed by atoms with Crippen molar-refractivity contribution in [2.24, 2.45) is 0 Å². The van der Waals surface area contributed by atoms with Gasteiger partial charge in [-0.25, -0.2) is 9.78 Å². The van der Waals surface area contributed by atoms with E-state index >= 15 is 0 Å². The molecule has 1 unspecified atom stereocenters. The van der Waals surface area contributed by atoms with Gasteiger partial charge in [0.05, 0.1) is 0 Å². The maximum Gasteiger partial charge on any atom is 0.329 e. The normalized spacial score (nSPS) is 11.7. The lowest BCUT2D eigenvalue weighted by Crippen LogP contribution is -2.43. The predicted octanol–water partition coefficient (Wildman–Crippen LogP) is 1.38. The molecule has 1 rings (SSSR count). The third-order valence-corrected chi connectivity index (χ3v) is 2.09. The van der Waals surface area contributed by atoms with Crippen molar-refractivity contribution in [3.05, 3.63) is 24.4 Å². The molecule has 6 heteroatoms. The number of alkyl halides is 1. The second-order valence-corrected chi connectivity index (χ2v) is 3.81. The molecular formula is C10H12ClN3O2. The Morgan fingerprint density at radius 3 is 2.69 bits per heavy atom. The number of nitrogens with one attached hydrogen (secondary N) is 1. The lowest BCUT2D eigenvalue weighted by Gasteiger charge is -2.16. The molecule has 1 N–H and O–H groups in total. The van der Waals surface area contributed by atoms with Gasteiger partial charge >= 0.3 is 6.03 Å². The monoisotopic (exact) mass is 241 g/mol. The van der Waals surface area contributed by atoms with Crippen LogP contribution in [0.25, 0.3) is 0 Å². The van der Waals surface area contributed by atoms with Gasteiger partial charge in [0, 0.05) is 13.2 Å². The van der Waals surface area contributed by atoms with E-state index in [4.69, 9.17) is 11.6 Å². The molecule has 1 atom stereocenters. The fourth-order valence-electron chi connectivity index (χ4n) is 0.945. The van der Waals surface area contributed by atoms with E-state index in [9.17, 15) is 9.59 Å².